The van der Waals surface area contributed by atoms with Crippen LogP contribution in [-0.2, 0) is 16.6 Å². The predicted octanol–water partition coefficient (Wildman–Crippen LogP) is 2.81. The number of halogens is 2. The van der Waals surface area contributed by atoms with Gasteiger partial charge in [-0.3, -0.25) is 0 Å². The Hall–Kier alpha value is -0.690. The minimum absolute atomic E-state index is 0.0361. The van der Waals surface area contributed by atoms with Gasteiger partial charge in [-0.15, -0.1) is 0 Å². The van der Waals surface area contributed by atoms with E-state index >= 15 is 0 Å². The minimum Gasteiger partial charge on any atom is -0.310 e. The standard InChI is InChI=1S/C14H20ClFN2O2S/c1-9(2)17-8-10-6-12(7-13(16)14(10)15)21(19,20)18-11-4-3-5-11/h6-7,9,11,17-18H,3-5,8H2,1-2H3. The minimum atomic E-state index is -3.70. The molecule has 2 rings (SSSR count). The van der Waals surface area contributed by atoms with Crippen LogP contribution >= 0.6 is 11.6 Å². The molecule has 0 amide bonds. The Bertz CT molecular complexity index is 616. The maximum absolute atomic E-state index is 13.9. The SMILES string of the molecule is CC(C)NCc1cc(S(=O)(=O)NC2CCC2)cc(F)c1Cl. The Morgan fingerprint density at radius 3 is 2.57 bits per heavy atom. The van der Waals surface area contributed by atoms with Gasteiger partial charge in [0.05, 0.1) is 9.92 Å². The maximum atomic E-state index is 13.9. The van der Waals surface area contributed by atoms with Crippen molar-refractivity contribution < 1.29 is 12.8 Å². The van der Waals surface area contributed by atoms with Crippen molar-refractivity contribution in [1.29, 1.82) is 0 Å². The van der Waals surface area contributed by atoms with Gasteiger partial charge in [0.25, 0.3) is 0 Å². The van der Waals surface area contributed by atoms with Gasteiger partial charge in [-0.1, -0.05) is 31.9 Å². The lowest BCUT2D eigenvalue weighted by atomic mass is 9.94. The van der Waals surface area contributed by atoms with Gasteiger partial charge in [0, 0.05) is 18.6 Å². The first-order chi connectivity index (χ1) is 9.79. The zero-order chi connectivity index (χ0) is 15.6. The largest absolute Gasteiger partial charge is 0.310 e. The number of sulfonamides is 1. The summed E-state index contributed by atoms with van der Waals surface area (Å²) in [5, 5.41) is 3.07. The molecule has 2 N–H and O–H groups in total. The quantitative estimate of drug-likeness (QED) is 0.841. The van der Waals surface area contributed by atoms with E-state index in [1.165, 1.54) is 6.07 Å². The number of hydrogen-bond acceptors (Lipinski definition) is 3. The lowest BCUT2D eigenvalue weighted by Gasteiger charge is -2.26. The number of nitrogens with one attached hydrogen (secondary N) is 2. The smallest absolute Gasteiger partial charge is 0.240 e. The summed E-state index contributed by atoms with van der Waals surface area (Å²) in [6, 6.07) is 2.56. The van der Waals surface area contributed by atoms with Crippen molar-refractivity contribution >= 4 is 21.6 Å². The van der Waals surface area contributed by atoms with Crippen LogP contribution in [0.4, 0.5) is 4.39 Å². The van der Waals surface area contributed by atoms with Crippen LogP contribution in [-0.4, -0.2) is 20.5 Å². The highest BCUT2D eigenvalue weighted by Gasteiger charge is 2.26. The summed E-state index contributed by atoms with van der Waals surface area (Å²) in [7, 11) is -3.70. The van der Waals surface area contributed by atoms with Gasteiger partial charge in [-0.2, -0.15) is 0 Å². The lowest BCUT2D eigenvalue weighted by Crippen LogP contribution is -2.39. The van der Waals surface area contributed by atoms with Crippen molar-refractivity contribution in [2.45, 2.75) is 56.6 Å². The molecule has 7 heteroatoms. The van der Waals surface area contributed by atoms with Crippen LogP contribution < -0.4 is 10.0 Å². The van der Waals surface area contributed by atoms with Gasteiger partial charge in [-0.25, -0.2) is 17.5 Å². The summed E-state index contributed by atoms with van der Waals surface area (Å²) >= 11 is 5.91. The molecule has 0 saturated heterocycles. The molecule has 0 aliphatic heterocycles. The highest BCUT2D eigenvalue weighted by atomic mass is 35.5. The Morgan fingerprint density at radius 1 is 1.38 bits per heavy atom. The van der Waals surface area contributed by atoms with E-state index in [-0.39, 0.29) is 22.0 Å². The molecule has 0 unspecified atom stereocenters. The molecule has 1 aromatic rings. The fourth-order valence-corrected chi connectivity index (χ4v) is 3.57. The average Bonchev–Trinajstić information content (AvgIpc) is 2.35. The molecule has 0 radical (unpaired) electrons. The molecule has 0 aromatic heterocycles. The summed E-state index contributed by atoms with van der Waals surface area (Å²) in [6.45, 7) is 4.21. The number of benzene rings is 1. The molecule has 1 fully saturated rings. The monoisotopic (exact) mass is 334 g/mol. The lowest BCUT2D eigenvalue weighted by molar-refractivity contribution is 0.383. The third-order valence-electron chi connectivity index (χ3n) is 3.52. The van der Waals surface area contributed by atoms with Gasteiger partial charge in [0.2, 0.25) is 10.0 Å². The zero-order valence-corrected chi connectivity index (χ0v) is 13.7. The van der Waals surface area contributed by atoms with Crippen LogP contribution in [0.1, 0.15) is 38.7 Å². The normalized spacial score (nSPS) is 16.2. The first-order valence-electron chi connectivity index (χ1n) is 7.03. The molecule has 1 aliphatic rings. The molecule has 0 heterocycles. The van der Waals surface area contributed by atoms with Crippen LogP contribution in [0.2, 0.25) is 5.02 Å². The van der Waals surface area contributed by atoms with Crippen molar-refractivity contribution in [2.75, 3.05) is 0 Å². The topological polar surface area (TPSA) is 58.2 Å². The van der Waals surface area contributed by atoms with Crippen LogP contribution in [0, 0.1) is 5.82 Å². The van der Waals surface area contributed by atoms with E-state index in [1.807, 2.05) is 13.8 Å². The maximum Gasteiger partial charge on any atom is 0.240 e. The zero-order valence-electron chi connectivity index (χ0n) is 12.1. The average molecular weight is 335 g/mol. The highest BCUT2D eigenvalue weighted by molar-refractivity contribution is 7.89. The van der Waals surface area contributed by atoms with Crippen molar-refractivity contribution in [3.8, 4) is 0 Å². The van der Waals surface area contributed by atoms with Gasteiger partial charge < -0.3 is 5.32 Å². The molecule has 0 spiro atoms. The van der Waals surface area contributed by atoms with Crippen molar-refractivity contribution in [2.24, 2.45) is 0 Å². The first-order valence-corrected chi connectivity index (χ1v) is 8.89. The Labute approximate surface area is 130 Å². The van der Waals surface area contributed by atoms with E-state index in [0.717, 1.165) is 25.3 Å². The molecular weight excluding hydrogens is 315 g/mol. The van der Waals surface area contributed by atoms with Crippen LogP contribution in [0.15, 0.2) is 17.0 Å². The second-order valence-corrected chi connectivity index (χ2v) is 7.75. The highest BCUT2D eigenvalue weighted by Crippen LogP contribution is 2.26. The van der Waals surface area contributed by atoms with Gasteiger partial charge in [0.1, 0.15) is 5.82 Å². The van der Waals surface area contributed by atoms with E-state index in [0.29, 0.717) is 12.1 Å². The van der Waals surface area contributed by atoms with Crippen molar-refractivity contribution in [1.82, 2.24) is 10.0 Å². The van der Waals surface area contributed by atoms with E-state index in [1.54, 1.807) is 0 Å². The van der Waals surface area contributed by atoms with Gasteiger partial charge in [-0.05, 0) is 30.5 Å². The van der Waals surface area contributed by atoms with Crippen LogP contribution in [0.5, 0.6) is 0 Å². The molecule has 118 valence electrons. The summed E-state index contributed by atoms with van der Waals surface area (Å²) < 4.78 is 41.0. The summed E-state index contributed by atoms with van der Waals surface area (Å²) in [6.07, 6.45) is 2.68. The molecular formula is C14H20ClFN2O2S. The summed E-state index contributed by atoms with van der Waals surface area (Å²) in [5.74, 6) is -0.714. The van der Waals surface area contributed by atoms with Crippen molar-refractivity contribution in [3.63, 3.8) is 0 Å². The third-order valence-corrected chi connectivity index (χ3v) is 5.44. The van der Waals surface area contributed by atoms with E-state index in [4.69, 9.17) is 11.6 Å². The number of rotatable bonds is 6. The summed E-state index contributed by atoms with van der Waals surface area (Å²) in [5.41, 5.74) is 0.444. The number of hydrogen-bond donors (Lipinski definition) is 2. The Kier molecular flexibility index (Phi) is 5.24. The van der Waals surface area contributed by atoms with E-state index in [9.17, 15) is 12.8 Å². The Morgan fingerprint density at radius 2 is 2.05 bits per heavy atom. The van der Waals surface area contributed by atoms with Gasteiger partial charge in [0.15, 0.2) is 0 Å². The molecule has 0 atom stereocenters. The van der Waals surface area contributed by atoms with Crippen LogP contribution in [0.3, 0.4) is 0 Å². The van der Waals surface area contributed by atoms with E-state index in [2.05, 4.69) is 10.0 Å². The predicted molar refractivity (Wildman–Crippen MR) is 81.3 cm³/mol. The Balaban J connectivity index is 2.26. The van der Waals surface area contributed by atoms with E-state index < -0.39 is 15.8 Å². The molecule has 0 bridgehead atoms. The van der Waals surface area contributed by atoms with Crippen LogP contribution in [0.25, 0.3) is 0 Å². The molecule has 1 aromatic carbocycles. The van der Waals surface area contributed by atoms with Crippen molar-refractivity contribution in [3.05, 3.63) is 28.5 Å². The van der Waals surface area contributed by atoms with Gasteiger partial charge >= 0.3 is 0 Å². The second kappa shape index (κ2) is 6.60. The molecule has 1 aliphatic carbocycles. The third kappa shape index (κ3) is 4.16. The molecule has 4 nitrogen and oxygen atoms in total. The first kappa shape index (κ1) is 16.7. The molecule has 1 saturated carbocycles. The molecule has 21 heavy (non-hydrogen) atoms. The fourth-order valence-electron chi connectivity index (χ4n) is 2.03. The fraction of sp³-hybridized carbons (Fsp3) is 0.571. The summed E-state index contributed by atoms with van der Waals surface area (Å²) in [4.78, 5) is -0.0724. The second-order valence-electron chi connectivity index (χ2n) is 5.66.